The molecule has 0 spiro atoms. The van der Waals surface area contributed by atoms with Crippen LogP contribution in [-0.4, -0.2) is 32.1 Å². The van der Waals surface area contributed by atoms with Crippen molar-refractivity contribution in [2.24, 2.45) is 5.92 Å². The van der Waals surface area contributed by atoms with Gasteiger partial charge in [-0.1, -0.05) is 30.3 Å². The van der Waals surface area contributed by atoms with Gasteiger partial charge in [0.2, 0.25) is 11.8 Å². The quantitative estimate of drug-likeness (QED) is 0.762. The average Bonchev–Trinajstić information content (AvgIpc) is 2.41. The van der Waals surface area contributed by atoms with Crippen LogP contribution >= 0.6 is 0 Å². The average molecular weight is 264 g/mol. The smallest absolute Gasteiger partial charge is 0.227 e. The predicted octanol–water partition coefficient (Wildman–Crippen LogP) is 0.702. The zero-order valence-corrected chi connectivity index (χ0v) is 11.3. The van der Waals surface area contributed by atoms with Crippen LogP contribution in [0.5, 0.6) is 0 Å². The molecule has 1 aromatic rings. The van der Waals surface area contributed by atoms with E-state index in [1.54, 1.807) is 0 Å². The lowest BCUT2D eigenvalue weighted by Gasteiger charge is -2.16. The van der Waals surface area contributed by atoms with Crippen LogP contribution in [0.15, 0.2) is 30.3 Å². The lowest BCUT2D eigenvalue weighted by molar-refractivity contribution is -0.127. The van der Waals surface area contributed by atoms with Gasteiger partial charge in [0.05, 0.1) is 12.5 Å². The van der Waals surface area contributed by atoms with E-state index in [4.69, 9.17) is 4.74 Å². The van der Waals surface area contributed by atoms with Crippen LogP contribution in [-0.2, 0) is 20.9 Å². The van der Waals surface area contributed by atoms with Gasteiger partial charge >= 0.3 is 0 Å². The van der Waals surface area contributed by atoms with Crippen molar-refractivity contribution < 1.29 is 14.3 Å². The van der Waals surface area contributed by atoms with Crippen LogP contribution in [0.3, 0.4) is 0 Å². The van der Waals surface area contributed by atoms with E-state index in [1.165, 1.54) is 14.0 Å². The topological polar surface area (TPSA) is 67.4 Å². The first-order valence-electron chi connectivity index (χ1n) is 6.18. The van der Waals surface area contributed by atoms with Gasteiger partial charge in [0.25, 0.3) is 0 Å². The molecular weight excluding hydrogens is 244 g/mol. The normalized spacial score (nSPS) is 11.7. The first-order chi connectivity index (χ1) is 9.13. The van der Waals surface area contributed by atoms with Crippen molar-refractivity contribution in [3.63, 3.8) is 0 Å². The van der Waals surface area contributed by atoms with Gasteiger partial charge in [-0.2, -0.15) is 0 Å². The number of hydrogen-bond acceptors (Lipinski definition) is 3. The fraction of sp³-hybridized carbons (Fsp3) is 0.429. The molecule has 0 aromatic heterocycles. The Labute approximate surface area is 113 Å². The number of nitrogens with one attached hydrogen (secondary N) is 2. The molecule has 0 aliphatic carbocycles. The van der Waals surface area contributed by atoms with E-state index in [1.807, 2.05) is 30.3 Å². The third kappa shape index (κ3) is 6.01. The monoisotopic (exact) mass is 264 g/mol. The second-order valence-electron chi connectivity index (χ2n) is 4.29. The van der Waals surface area contributed by atoms with E-state index in [0.29, 0.717) is 6.54 Å². The molecule has 0 radical (unpaired) electrons. The summed E-state index contributed by atoms with van der Waals surface area (Å²) < 4.78 is 5.00. The Balaban J connectivity index is 2.45. The van der Waals surface area contributed by atoms with Crippen molar-refractivity contribution >= 4 is 11.8 Å². The van der Waals surface area contributed by atoms with Crippen molar-refractivity contribution in [2.45, 2.75) is 13.5 Å². The van der Waals surface area contributed by atoms with Crippen LogP contribution in [0.2, 0.25) is 0 Å². The minimum Gasteiger partial charge on any atom is -0.384 e. The third-order valence-electron chi connectivity index (χ3n) is 2.65. The number of rotatable bonds is 7. The number of hydrogen-bond donors (Lipinski definition) is 2. The van der Waals surface area contributed by atoms with Crippen molar-refractivity contribution in [3.05, 3.63) is 35.9 Å². The summed E-state index contributed by atoms with van der Waals surface area (Å²) in [6.45, 7) is 2.45. The number of methoxy groups -OCH3 is 1. The maximum absolute atomic E-state index is 12.0. The van der Waals surface area contributed by atoms with E-state index < -0.39 is 0 Å². The molecular formula is C14H20N2O3. The Hall–Kier alpha value is -1.88. The molecule has 1 rings (SSSR count). The summed E-state index contributed by atoms with van der Waals surface area (Å²) in [5.41, 5.74) is 1.03. The highest BCUT2D eigenvalue weighted by Crippen LogP contribution is 2.00. The molecule has 19 heavy (non-hydrogen) atoms. The Morgan fingerprint density at radius 2 is 1.89 bits per heavy atom. The number of benzene rings is 1. The molecule has 1 atom stereocenters. The molecule has 0 aliphatic rings. The van der Waals surface area contributed by atoms with Crippen molar-refractivity contribution in [1.29, 1.82) is 0 Å². The molecule has 0 bridgehead atoms. The number of carbonyl (C=O) groups excluding carboxylic acids is 2. The van der Waals surface area contributed by atoms with Crippen LogP contribution in [0.1, 0.15) is 12.5 Å². The number of carbonyl (C=O) groups is 2. The van der Waals surface area contributed by atoms with Gasteiger partial charge in [0, 0.05) is 27.1 Å². The summed E-state index contributed by atoms with van der Waals surface area (Å²) >= 11 is 0. The summed E-state index contributed by atoms with van der Waals surface area (Å²) in [5, 5.41) is 5.47. The first-order valence-corrected chi connectivity index (χ1v) is 6.18. The standard InChI is InChI=1S/C14H20N2O3/c1-11(17)15-9-13(10-19-2)14(18)16-8-12-6-4-3-5-7-12/h3-7,13H,8-10H2,1-2H3,(H,15,17)(H,16,18). The van der Waals surface area contributed by atoms with Gasteiger partial charge in [-0.15, -0.1) is 0 Å². The molecule has 2 amide bonds. The second kappa shape index (κ2) is 8.26. The molecule has 104 valence electrons. The largest absolute Gasteiger partial charge is 0.384 e. The van der Waals surface area contributed by atoms with Crippen LogP contribution in [0.25, 0.3) is 0 Å². The summed E-state index contributed by atoms with van der Waals surface area (Å²) in [6, 6.07) is 9.66. The van der Waals surface area contributed by atoms with Crippen LogP contribution in [0, 0.1) is 5.92 Å². The molecule has 5 heteroatoms. The zero-order valence-electron chi connectivity index (χ0n) is 11.3. The molecule has 0 heterocycles. The van der Waals surface area contributed by atoms with Crippen LogP contribution < -0.4 is 10.6 Å². The van der Waals surface area contributed by atoms with Crippen molar-refractivity contribution in [3.8, 4) is 0 Å². The van der Waals surface area contributed by atoms with Gasteiger partial charge in [0.1, 0.15) is 0 Å². The Kier molecular flexibility index (Phi) is 6.60. The fourth-order valence-corrected chi connectivity index (χ4v) is 1.62. The Morgan fingerprint density at radius 3 is 2.47 bits per heavy atom. The van der Waals surface area contributed by atoms with E-state index in [9.17, 15) is 9.59 Å². The third-order valence-corrected chi connectivity index (χ3v) is 2.65. The minimum atomic E-state index is -0.377. The molecule has 0 saturated heterocycles. The molecule has 1 unspecified atom stereocenters. The lowest BCUT2D eigenvalue weighted by Crippen LogP contribution is -2.40. The Morgan fingerprint density at radius 1 is 1.21 bits per heavy atom. The minimum absolute atomic E-state index is 0.126. The summed E-state index contributed by atoms with van der Waals surface area (Å²) in [6.07, 6.45) is 0. The van der Waals surface area contributed by atoms with Gasteiger partial charge in [-0.05, 0) is 5.56 Å². The number of ether oxygens (including phenoxy) is 1. The molecule has 1 aromatic carbocycles. The first kappa shape index (κ1) is 15.2. The van der Waals surface area contributed by atoms with E-state index in [2.05, 4.69) is 10.6 Å². The predicted molar refractivity (Wildman–Crippen MR) is 72.3 cm³/mol. The molecule has 5 nitrogen and oxygen atoms in total. The Bertz CT molecular complexity index is 406. The second-order valence-corrected chi connectivity index (χ2v) is 4.29. The highest BCUT2D eigenvalue weighted by Gasteiger charge is 2.18. The summed E-state index contributed by atoms with van der Waals surface area (Å²) in [7, 11) is 1.53. The van der Waals surface area contributed by atoms with Crippen molar-refractivity contribution in [1.82, 2.24) is 10.6 Å². The molecule has 0 saturated carbocycles. The lowest BCUT2D eigenvalue weighted by atomic mass is 10.1. The molecule has 0 aliphatic heterocycles. The van der Waals surface area contributed by atoms with E-state index in [-0.39, 0.29) is 30.9 Å². The number of amides is 2. The van der Waals surface area contributed by atoms with E-state index in [0.717, 1.165) is 5.56 Å². The van der Waals surface area contributed by atoms with Gasteiger partial charge in [-0.3, -0.25) is 9.59 Å². The zero-order chi connectivity index (χ0) is 14.1. The maximum Gasteiger partial charge on any atom is 0.227 e. The highest BCUT2D eigenvalue weighted by atomic mass is 16.5. The fourth-order valence-electron chi connectivity index (χ4n) is 1.62. The molecule has 0 fully saturated rings. The highest BCUT2D eigenvalue weighted by molar-refractivity contribution is 5.80. The summed E-state index contributed by atoms with van der Waals surface area (Å²) in [4.78, 5) is 22.8. The van der Waals surface area contributed by atoms with Crippen LogP contribution in [0.4, 0.5) is 0 Å². The maximum atomic E-state index is 12.0. The summed E-state index contributed by atoms with van der Waals surface area (Å²) in [5.74, 6) is -0.658. The van der Waals surface area contributed by atoms with Gasteiger partial charge < -0.3 is 15.4 Å². The van der Waals surface area contributed by atoms with Crippen molar-refractivity contribution in [2.75, 3.05) is 20.3 Å². The van der Waals surface area contributed by atoms with E-state index >= 15 is 0 Å². The van der Waals surface area contributed by atoms with Gasteiger partial charge in [-0.25, -0.2) is 0 Å². The molecule has 2 N–H and O–H groups in total. The SMILES string of the molecule is COCC(CNC(C)=O)C(=O)NCc1ccccc1. The van der Waals surface area contributed by atoms with Gasteiger partial charge in [0.15, 0.2) is 0 Å².